The maximum absolute atomic E-state index is 9.63. The lowest BCUT2D eigenvalue weighted by Crippen LogP contribution is -1.84. The molecule has 0 aliphatic heterocycles. The summed E-state index contributed by atoms with van der Waals surface area (Å²) < 4.78 is 4.39. The Hall–Kier alpha value is -0.960. The molecule has 1 rings (SSSR count). The van der Waals surface area contributed by atoms with Crippen LogP contribution in [-0.2, 0) is 9.53 Å². The molecule has 0 amide bonds. The Kier molecular flexibility index (Phi) is 3.55. The van der Waals surface area contributed by atoms with E-state index in [4.69, 9.17) is 0 Å². The second kappa shape index (κ2) is 4.79. The van der Waals surface area contributed by atoms with Crippen molar-refractivity contribution in [1.82, 2.24) is 0 Å². The summed E-state index contributed by atoms with van der Waals surface area (Å²) in [6, 6.07) is 9.73. The van der Waals surface area contributed by atoms with Crippen LogP contribution in [0.3, 0.4) is 0 Å². The van der Waals surface area contributed by atoms with Gasteiger partial charge in [-0.05, 0) is 12.1 Å². The van der Waals surface area contributed by atoms with Gasteiger partial charge in [-0.2, -0.15) is 0 Å². The quantitative estimate of drug-likeness (QED) is 0.388. The molecule has 1 aromatic rings. The van der Waals surface area contributed by atoms with Crippen molar-refractivity contribution in [2.45, 2.75) is 4.90 Å². The van der Waals surface area contributed by atoms with Gasteiger partial charge in [0, 0.05) is 4.90 Å². The number of hydrogen-bond acceptors (Lipinski definition) is 3. The molecule has 2 nitrogen and oxygen atoms in total. The van der Waals surface area contributed by atoms with Gasteiger partial charge in [0.05, 0.1) is 0 Å². The Morgan fingerprint density at radius 3 is 2.73 bits per heavy atom. The van der Waals surface area contributed by atoms with Crippen LogP contribution in [0.5, 0.6) is 0 Å². The average Bonchev–Trinajstić information content (AvgIpc) is 2.07. The van der Waals surface area contributed by atoms with Crippen LogP contribution in [0.15, 0.2) is 35.2 Å². The zero-order valence-corrected chi connectivity index (χ0v) is 6.64. The number of ether oxygens (including phenoxy) is 1. The molecule has 0 aliphatic carbocycles. The Balaban J connectivity index is 2.33. The summed E-state index contributed by atoms with van der Waals surface area (Å²) in [4.78, 5) is 10.7. The van der Waals surface area contributed by atoms with Gasteiger partial charge in [-0.3, -0.25) is 0 Å². The third-order valence-corrected chi connectivity index (χ3v) is 1.93. The summed E-state index contributed by atoms with van der Waals surface area (Å²) in [5.74, 6) is 0.327. The number of carbonyl (C=O) groups excluding carboxylic acids is 1. The third-order valence-electron chi connectivity index (χ3n) is 1.09. The van der Waals surface area contributed by atoms with Gasteiger partial charge in [0.2, 0.25) is 0 Å². The highest BCUT2D eigenvalue weighted by Crippen LogP contribution is 2.15. The summed E-state index contributed by atoms with van der Waals surface area (Å²) in [7, 11) is 0. The molecule has 1 aromatic carbocycles. The molecule has 0 aromatic heterocycles. The normalized spacial score (nSPS) is 9.09. The van der Waals surface area contributed by atoms with Crippen molar-refractivity contribution in [2.24, 2.45) is 0 Å². The van der Waals surface area contributed by atoms with Crippen molar-refractivity contribution in [3.63, 3.8) is 0 Å². The van der Waals surface area contributed by atoms with E-state index in [0.717, 1.165) is 4.90 Å². The van der Waals surface area contributed by atoms with Crippen LogP contribution in [0, 0.1) is 0 Å². The van der Waals surface area contributed by atoms with E-state index in [1.54, 1.807) is 0 Å². The molecule has 3 heteroatoms. The Morgan fingerprint density at radius 1 is 1.36 bits per heavy atom. The Morgan fingerprint density at radius 2 is 2.09 bits per heavy atom. The predicted molar refractivity (Wildman–Crippen MR) is 43.9 cm³/mol. The highest BCUT2D eigenvalue weighted by atomic mass is 32.2. The maximum Gasteiger partial charge on any atom is 0.418 e. The summed E-state index contributed by atoms with van der Waals surface area (Å²) in [5.41, 5.74) is 0. The molecule has 0 atom stereocenters. The first kappa shape index (κ1) is 8.14. The van der Waals surface area contributed by atoms with E-state index in [2.05, 4.69) is 4.74 Å². The van der Waals surface area contributed by atoms with Gasteiger partial charge in [0.25, 0.3) is 0 Å². The van der Waals surface area contributed by atoms with E-state index in [-0.39, 0.29) is 0 Å². The van der Waals surface area contributed by atoms with E-state index in [1.807, 2.05) is 30.3 Å². The molecular formula is C8H7O2S. The molecule has 0 N–H and O–H groups in total. The van der Waals surface area contributed by atoms with Gasteiger partial charge in [0.1, 0.15) is 5.94 Å². The van der Waals surface area contributed by atoms with Gasteiger partial charge < -0.3 is 4.74 Å². The fourth-order valence-corrected chi connectivity index (χ4v) is 1.23. The topological polar surface area (TPSA) is 26.3 Å². The fourth-order valence-electron chi connectivity index (χ4n) is 0.638. The van der Waals surface area contributed by atoms with Gasteiger partial charge >= 0.3 is 6.47 Å². The first-order valence-corrected chi connectivity index (χ1v) is 4.09. The molecule has 0 spiro atoms. The molecule has 57 valence electrons. The molecule has 11 heavy (non-hydrogen) atoms. The minimum Gasteiger partial charge on any atom is -0.446 e. The van der Waals surface area contributed by atoms with Crippen LogP contribution in [0.1, 0.15) is 0 Å². The third kappa shape index (κ3) is 3.09. The molecule has 0 bridgehead atoms. The van der Waals surface area contributed by atoms with Crippen molar-refractivity contribution in [3.8, 4) is 0 Å². The maximum atomic E-state index is 9.63. The van der Waals surface area contributed by atoms with Gasteiger partial charge in [-0.25, -0.2) is 4.79 Å². The van der Waals surface area contributed by atoms with Gasteiger partial charge in [-0.15, -0.1) is 0 Å². The van der Waals surface area contributed by atoms with E-state index in [0.29, 0.717) is 5.94 Å². The van der Waals surface area contributed by atoms with Crippen LogP contribution in [-0.4, -0.2) is 12.4 Å². The van der Waals surface area contributed by atoms with Gasteiger partial charge in [-0.1, -0.05) is 30.0 Å². The van der Waals surface area contributed by atoms with E-state index in [1.165, 1.54) is 18.2 Å². The molecular weight excluding hydrogens is 160 g/mol. The zero-order valence-electron chi connectivity index (χ0n) is 5.82. The first-order chi connectivity index (χ1) is 5.43. The van der Waals surface area contributed by atoms with E-state index >= 15 is 0 Å². The lowest BCUT2D eigenvalue weighted by Gasteiger charge is -1.96. The number of rotatable bonds is 4. The smallest absolute Gasteiger partial charge is 0.418 e. The highest BCUT2D eigenvalue weighted by Gasteiger charge is 1.90. The lowest BCUT2D eigenvalue weighted by molar-refractivity contribution is 0.337. The van der Waals surface area contributed by atoms with Crippen molar-refractivity contribution >= 4 is 18.2 Å². The van der Waals surface area contributed by atoms with E-state index < -0.39 is 0 Å². The molecule has 0 unspecified atom stereocenters. The SMILES string of the molecule is O=[C]OCSc1ccccc1. The number of benzene rings is 1. The van der Waals surface area contributed by atoms with Crippen molar-refractivity contribution in [1.29, 1.82) is 0 Å². The summed E-state index contributed by atoms with van der Waals surface area (Å²) >= 11 is 1.46. The van der Waals surface area contributed by atoms with Crippen LogP contribution >= 0.6 is 11.8 Å². The van der Waals surface area contributed by atoms with Crippen LogP contribution in [0.4, 0.5) is 0 Å². The van der Waals surface area contributed by atoms with Crippen LogP contribution in [0.2, 0.25) is 0 Å². The van der Waals surface area contributed by atoms with Crippen molar-refractivity contribution < 1.29 is 9.53 Å². The molecule has 0 fully saturated rings. The zero-order chi connectivity index (χ0) is 7.94. The van der Waals surface area contributed by atoms with Gasteiger partial charge in [0.15, 0.2) is 0 Å². The first-order valence-electron chi connectivity index (χ1n) is 3.10. The molecule has 0 saturated heterocycles. The Bertz CT molecular complexity index is 211. The van der Waals surface area contributed by atoms with Crippen LogP contribution in [0.25, 0.3) is 0 Å². The molecule has 0 aliphatic rings. The largest absolute Gasteiger partial charge is 0.446 e. The number of hydrogen-bond donors (Lipinski definition) is 0. The summed E-state index contributed by atoms with van der Waals surface area (Å²) in [6.45, 7) is 1.37. The lowest BCUT2D eigenvalue weighted by atomic mass is 10.4. The average molecular weight is 167 g/mol. The summed E-state index contributed by atoms with van der Waals surface area (Å²) in [5, 5.41) is 0. The van der Waals surface area contributed by atoms with Crippen molar-refractivity contribution in [2.75, 3.05) is 5.94 Å². The second-order valence-corrected chi connectivity index (χ2v) is 2.80. The fraction of sp³-hybridized carbons (Fsp3) is 0.125. The summed E-state index contributed by atoms with van der Waals surface area (Å²) in [6.07, 6.45) is 0. The van der Waals surface area contributed by atoms with E-state index in [9.17, 15) is 4.79 Å². The predicted octanol–water partition coefficient (Wildman–Crippen LogP) is 1.82. The monoisotopic (exact) mass is 167 g/mol. The molecule has 0 heterocycles. The van der Waals surface area contributed by atoms with Crippen LogP contribution < -0.4 is 0 Å². The number of thioether (sulfide) groups is 1. The minimum absolute atomic E-state index is 0.327. The molecule has 1 radical (unpaired) electrons. The highest BCUT2D eigenvalue weighted by molar-refractivity contribution is 7.99. The standard InChI is InChI=1S/C8H7O2S/c9-6-10-7-11-8-4-2-1-3-5-8/h1-5H,7H2. The molecule has 0 saturated carbocycles. The Labute approximate surface area is 69.6 Å². The second-order valence-electron chi connectivity index (χ2n) is 1.80. The minimum atomic E-state index is 0.327. The van der Waals surface area contributed by atoms with Crippen molar-refractivity contribution in [3.05, 3.63) is 30.3 Å².